The van der Waals surface area contributed by atoms with E-state index in [-0.39, 0.29) is 4.90 Å². The molecule has 8 heteroatoms. The highest BCUT2D eigenvalue weighted by atomic mass is 35.5. The number of ether oxygens (including phenoxy) is 2. The van der Waals surface area contributed by atoms with Crippen LogP contribution in [0.5, 0.6) is 11.5 Å². The zero-order valence-corrected chi connectivity index (χ0v) is 19.3. The molecule has 0 saturated heterocycles. The van der Waals surface area contributed by atoms with E-state index in [0.29, 0.717) is 29.7 Å². The van der Waals surface area contributed by atoms with Gasteiger partial charge in [-0.25, -0.2) is 8.42 Å². The Morgan fingerprint density at radius 1 is 0.906 bits per heavy atom. The van der Waals surface area contributed by atoms with E-state index in [1.807, 2.05) is 54.6 Å². The van der Waals surface area contributed by atoms with Gasteiger partial charge in [0.1, 0.15) is 0 Å². The average Bonchev–Trinajstić information content (AvgIpc) is 3.10. The number of hydrogen-bond donors (Lipinski definition) is 1. The van der Waals surface area contributed by atoms with Crippen molar-refractivity contribution in [3.8, 4) is 11.5 Å². The molecule has 5 nitrogen and oxygen atoms in total. The molecule has 0 bridgehead atoms. The fourth-order valence-corrected chi connectivity index (χ4v) is 6.40. The molecule has 0 aliphatic carbocycles. The van der Waals surface area contributed by atoms with Crippen molar-refractivity contribution >= 4 is 43.0 Å². The Kier molecular flexibility index (Phi) is 5.82. The number of benzene rings is 3. The minimum Gasteiger partial charge on any atom is -0.490 e. The predicted molar refractivity (Wildman–Crippen MR) is 127 cm³/mol. The van der Waals surface area contributed by atoms with Crippen molar-refractivity contribution in [2.75, 3.05) is 13.2 Å². The van der Waals surface area contributed by atoms with Gasteiger partial charge in [-0.3, -0.25) is 0 Å². The van der Waals surface area contributed by atoms with Crippen LogP contribution in [0, 0.1) is 0 Å². The Morgan fingerprint density at radius 3 is 2.47 bits per heavy atom. The molecular weight excluding hydrogens is 466 g/mol. The van der Waals surface area contributed by atoms with E-state index in [2.05, 4.69) is 4.72 Å². The van der Waals surface area contributed by atoms with E-state index in [0.717, 1.165) is 26.9 Å². The molecule has 1 atom stereocenters. The Morgan fingerprint density at radius 2 is 1.69 bits per heavy atom. The maximum atomic E-state index is 13.4. The molecule has 0 radical (unpaired) electrons. The Bertz CT molecular complexity index is 1370. The highest BCUT2D eigenvalue weighted by Gasteiger charge is 2.26. The number of rotatable bonds is 5. The van der Waals surface area contributed by atoms with Crippen LogP contribution in [0.15, 0.2) is 77.7 Å². The van der Waals surface area contributed by atoms with E-state index in [1.54, 1.807) is 12.1 Å². The molecular formula is C24H20ClNO4S2. The third kappa shape index (κ3) is 4.21. The van der Waals surface area contributed by atoms with E-state index >= 15 is 0 Å². The van der Waals surface area contributed by atoms with Crippen molar-refractivity contribution < 1.29 is 17.9 Å². The first-order valence-corrected chi connectivity index (χ1v) is 12.8. The summed E-state index contributed by atoms with van der Waals surface area (Å²) in [7, 11) is -3.86. The van der Waals surface area contributed by atoms with Crippen LogP contribution in [0.4, 0.5) is 0 Å². The average molecular weight is 486 g/mol. The van der Waals surface area contributed by atoms with Crippen molar-refractivity contribution in [1.29, 1.82) is 0 Å². The number of thiophene rings is 1. The van der Waals surface area contributed by atoms with Crippen LogP contribution in [0.3, 0.4) is 0 Å². The first-order chi connectivity index (χ1) is 15.5. The molecule has 1 N–H and O–H groups in total. The van der Waals surface area contributed by atoms with E-state index in [9.17, 15) is 8.42 Å². The summed E-state index contributed by atoms with van der Waals surface area (Å²) < 4.78 is 42.0. The summed E-state index contributed by atoms with van der Waals surface area (Å²) >= 11 is 7.86. The maximum Gasteiger partial charge on any atom is 0.241 e. The van der Waals surface area contributed by atoms with E-state index in [1.165, 1.54) is 17.4 Å². The molecule has 32 heavy (non-hydrogen) atoms. The Hall–Kier alpha value is -2.58. The minimum absolute atomic E-state index is 0.127. The summed E-state index contributed by atoms with van der Waals surface area (Å²) in [6.45, 7) is 1.03. The molecule has 0 unspecified atom stereocenters. The standard InChI is InChI=1S/C24H20ClNO4S2/c25-19-9-4-8-17-14-22(31-24(17)19)23(16-6-2-1-3-7-16)26-32(27,28)18-10-11-20-21(15-18)30-13-5-12-29-20/h1-4,6-11,14-15,23,26H,5,12-13H2/t23-/m1/s1. The van der Waals surface area contributed by atoms with Crippen LogP contribution in [0.1, 0.15) is 22.9 Å². The highest BCUT2D eigenvalue weighted by Crippen LogP contribution is 2.38. The molecule has 1 aromatic heterocycles. The molecule has 164 valence electrons. The van der Waals surface area contributed by atoms with Gasteiger partial charge >= 0.3 is 0 Å². The van der Waals surface area contributed by atoms with Gasteiger partial charge < -0.3 is 9.47 Å². The number of nitrogens with one attached hydrogen (secondary N) is 1. The summed E-state index contributed by atoms with van der Waals surface area (Å²) in [6.07, 6.45) is 0.750. The monoisotopic (exact) mass is 485 g/mol. The normalized spacial score (nSPS) is 14.8. The molecule has 4 aromatic rings. The quantitative estimate of drug-likeness (QED) is 0.389. The van der Waals surface area contributed by atoms with Gasteiger partial charge in [0.25, 0.3) is 0 Å². The van der Waals surface area contributed by atoms with Gasteiger partial charge in [0, 0.05) is 17.4 Å². The maximum absolute atomic E-state index is 13.4. The second-order valence-corrected chi connectivity index (χ2v) is 10.6. The number of halogens is 1. The van der Waals surface area contributed by atoms with Gasteiger partial charge in [0.2, 0.25) is 10.0 Å². The lowest BCUT2D eigenvalue weighted by molar-refractivity contribution is 0.297. The zero-order valence-electron chi connectivity index (χ0n) is 17.0. The third-order valence-electron chi connectivity index (χ3n) is 5.23. The summed E-state index contributed by atoms with van der Waals surface area (Å²) in [4.78, 5) is 0.985. The van der Waals surface area contributed by atoms with Gasteiger partial charge in [-0.2, -0.15) is 4.72 Å². The van der Waals surface area contributed by atoms with E-state index < -0.39 is 16.1 Å². The Balaban J connectivity index is 1.55. The predicted octanol–water partition coefficient (Wildman–Crippen LogP) is 5.78. The highest BCUT2D eigenvalue weighted by molar-refractivity contribution is 7.89. The lowest BCUT2D eigenvalue weighted by Crippen LogP contribution is -2.29. The largest absolute Gasteiger partial charge is 0.490 e. The first kappa shape index (κ1) is 21.3. The molecule has 0 spiro atoms. The molecule has 2 heterocycles. The lowest BCUT2D eigenvalue weighted by atomic mass is 10.1. The van der Waals surface area contributed by atoms with Gasteiger partial charge in [0.15, 0.2) is 11.5 Å². The van der Waals surface area contributed by atoms with Crippen molar-refractivity contribution in [2.24, 2.45) is 0 Å². The molecule has 0 fully saturated rings. The second kappa shape index (κ2) is 8.75. The van der Waals surface area contributed by atoms with Crippen molar-refractivity contribution in [1.82, 2.24) is 4.72 Å². The summed E-state index contributed by atoms with van der Waals surface area (Å²) in [5.41, 5.74) is 0.841. The van der Waals surface area contributed by atoms with E-state index in [4.69, 9.17) is 21.1 Å². The smallest absolute Gasteiger partial charge is 0.241 e. The molecule has 0 amide bonds. The van der Waals surface area contributed by atoms with Crippen molar-refractivity contribution in [3.05, 3.63) is 88.3 Å². The van der Waals surface area contributed by atoms with Gasteiger partial charge in [0.05, 0.1) is 33.9 Å². The fourth-order valence-electron chi connectivity index (χ4n) is 3.66. The molecule has 3 aromatic carbocycles. The summed E-state index contributed by atoms with van der Waals surface area (Å²) in [5.74, 6) is 0.996. The van der Waals surface area contributed by atoms with Gasteiger partial charge in [-0.15, -0.1) is 11.3 Å². The summed E-state index contributed by atoms with van der Waals surface area (Å²) in [5, 5.41) is 1.63. The number of fused-ring (bicyclic) bond motifs is 2. The third-order valence-corrected chi connectivity index (χ3v) is 8.33. The molecule has 1 aliphatic rings. The lowest BCUT2D eigenvalue weighted by Gasteiger charge is -2.19. The molecule has 1 aliphatic heterocycles. The minimum atomic E-state index is -3.86. The number of sulfonamides is 1. The van der Waals surface area contributed by atoms with Crippen molar-refractivity contribution in [2.45, 2.75) is 17.4 Å². The molecule has 5 rings (SSSR count). The Labute approximate surface area is 195 Å². The first-order valence-electron chi connectivity index (χ1n) is 10.2. The summed E-state index contributed by atoms with van der Waals surface area (Å²) in [6, 6.07) is 21.3. The SMILES string of the molecule is O=S(=O)(N[C@H](c1ccccc1)c1cc2cccc(Cl)c2s1)c1ccc2c(c1)OCCCO2. The van der Waals surface area contributed by atoms with Crippen LogP contribution in [0.2, 0.25) is 5.02 Å². The van der Waals surface area contributed by atoms with Crippen LogP contribution in [0.25, 0.3) is 10.1 Å². The van der Waals surface area contributed by atoms with Crippen LogP contribution in [-0.4, -0.2) is 21.6 Å². The topological polar surface area (TPSA) is 64.6 Å². The zero-order chi connectivity index (χ0) is 22.1. The van der Waals surface area contributed by atoms with Crippen LogP contribution in [-0.2, 0) is 10.0 Å². The van der Waals surface area contributed by atoms with Crippen LogP contribution >= 0.6 is 22.9 Å². The van der Waals surface area contributed by atoms with Gasteiger partial charge in [-0.05, 0) is 35.2 Å². The van der Waals surface area contributed by atoms with Gasteiger partial charge in [-0.1, -0.05) is 54.1 Å². The number of hydrogen-bond acceptors (Lipinski definition) is 5. The molecule has 0 saturated carbocycles. The van der Waals surface area contributed by atoms with Crippen LogP contribution < -0.4 is 14.2 Å². The fraction of sp³-hybridized carbons (Fsp3) is 0.167. The second-order valence-electron chi connectivity index (χ2n) is 7.43. The van der Waals surface area contributed by atoms with Crippen molar-refractivity contribution in [3.63, 3.8) is 0 Å².